The van der Waals surface area contributed by atoms with E-state index >= 15 is 0 Å². The molecule has 3 rings (SSSR count). The summed E-state index contributed by atoms with van der Waals surface area (Å²) in [6.07, 6.45) is 6.32. The van der Waals surface area contributed by atoms with Crippen molar-refractivity contribution in [1.82, 2.24) is 0 Å². The lowest BCUT2D eigenvalue weighted by Gasteiger charge is -2.57. The molecule has 2 heterocycles. The molecule has 2 fully saturated rings. The summed E-state index contributed by atoms with van der Waals surface area (Å²) in [4.78, 5) is 0. The number of hydrogen-bond acceptors (Lipinski definition) is 3. The number of hydrogen-bond donors (Lipinski definition) is 0. The van der Waals surface area contributed by atoms with Gasteiger partial charge in [0.25, 0.3) is 0 Å². The lowest BCUT2D eigenvalue weighted by molar-refractivity contribution is -0.213. The van der Waals surface area contributed by atoms with Crippen molar-refractivity contribution in [2.45, 2.75) is 135 Å². The van der Waals surface area contributed by atoms with Crippen LogP contribution in [0.25, 0.3) is 0 Å². The van der Waals surface area contributed by atoms with Gasteiger partial charge in [0.15, 0.2) is 0 Å². The van der Waals surface area contributed by atoms with E-state index in [9.17, 15) is 0 Å². The van der Waals surface area contributed by atoms with Crippen molar-refractivity contribution in [3.8, 4) is 0 Å². The van der Waals surface area contributed by atoms with E-state index in [4.69, 9.17) is 13.9 Å². The molecule has 194 valence electrons. The molecule has 0 aliphatic carbocycles. The Morgan fingerprint density at radius 1 is 0.941 bits per heavy atom. The zero-order chi connectivity index (χ0) is 25.1. The van der Waals surface area contributed by atoms with Gasteiger partial charge >= 0.3 is 0 Å². The number of rotatable bonds is 12. The van der Waals surface area contributed by atoms with E-state index in [1.165, 1.54) is 18.4 Å². The van der Waals surface area contributed by atoms with Crippen LogP contribution in [0.2, 0.25) is 16.6 Å². The van der Waals surface area contributed by atoms with Crippen molar-refractivity contribution in [1.29, 1.82) is 0 Å². The topological polar surface area (TPSA) is 27.7 Å². The molecular weight excluding hydrogens is 436 g/mol. The fourth-order valence-electron chi connectivity index (χ4n) is 7.33. The van der Waals surface area contributed by atoms with E-state index in [2.05, 4.69) is 92.6 Å². The van der Waals surface area contributed by atoms with Gasteiger partial charge in [-0.3, -0.25) is 0 Å². The Hall–Kier alpha value is -0.683. The highest BCUT2D eigenvalue weighted by Crippen LogP contribution is 2.57. The maximum Gasteiger partial charge on any atom is 0.200 e. The molecule has 0 aromatic heterocycles. The fourth-order valence-corrected chi connectivity index (χ4v) is 13.1. The number of benzene rings is 1. The summed E-state index contributed by atoms with van der Waals surface area (Å²) in [6, 6.07) is 10.5. The number of ether oxygens (including phenoxy) is 2. The van der Waals surface area contributed by atoms with Crippen LogP contribution in [-0.4, -0.2) is 32.7 Å². The van der Waals surface area contributed by atoms with Gasteiger partial charge in [0.2, 0.25) is 8.32 Å². The minimum atomic E-state index is -1.99. The summed E-state index contributed by atoms with van der Waals surface area (Å²) in [7, 11) is -1.99. The van der Waals surface area contributed by atoms with Crippen LogP contribution in [-0.2, 0) is 20.5 Å². The first-order chi connectivity index (χ1) is 15.9. The molecule has 34 heavy (non-hydrogen) atoms. The summed E-state index contributed by atoms with van der Waals surface area (Å²) < 4.78 is 20.4. The van der Waals surface area contributed by atoms with Crippen LogP contribution in [0.5, 0.6) is 0 Å². The molecule has 4 heteroatoms. The standard InChI is InChI=1S/C30H52O3Si/c1-22(2)34(23(3)4,24(5)6)33-28-26(30(9)19-18-27(32-30)29(28,7)8)17-13-14-20-31-21-25-15-11-10-12-16-25/h10-12,15-16,22-24,26-28H,13-14,17-21H2,1-9H3/t26-,27-,28-,30+/m1/s1. The average Bonchev–Trinajstić information content (AvgIpc) is 3.15. The van der Waals surface area contributed by atoms with Crippen LogP contribution >= 0.6 is 0 Å². The highest BCUT2D eigenvalue weighted by molar-refractivity contribution is 6.77. The summed E-state index contributed by atoms with van der Waals surface area (Å²) in [6.45, 7) is 23.2. The van der Waals surface area contributed by atoms with Gasteiger partial charge in [0, 0.05) is 17.9 Å². The first-order valence-electron chi connectivity index (χ1n) is 13.9. The van der Waals surface area contributed by atoms with Crippen LogP contribution < -0.4 is 0 Å². The summed E-state index contributed by atoms with van der Waals surface area (Å²) in [5.41, 5.74) is 3.04. The molecule has 1 aromatic carbocycles. The van der Waals surface area contributed by atoms with Gasteiger partial charge in [-0.1, -0.05) is 92.1 Å². The van der Waals surface area contributed by atoms with E-state index in [1.54, 1.807) is 0 Å². The maximum absolute atomic E-state index is 7.60. The Morgan fingerprint density at radius 3 is 2.15 bits per heavy atom. The Balaban J connectivity index is 1.72. The molecule has 1 aromatic rings. The zero-order valence-corrected chi connectivity index (χ0v) is 24.5. The Bertz CT molecular complexity index is 738. The van der Waals surface area contributed by atoms with E-state index < -0.39 is 8.32 Å². The number of fused-ring (bicyclic) bond motifs is 2. The summed E-state index contributed by atoms with van der Waals surface area (Å²) >= 11 is 0. The second-order valence-electron chi connectivity index (χ2n) is 12.8. The third-order valence-electron chi connectivity index (χ3n) is 9.23. The third-order valence-corrected chi connectivity index (χ3v) is 15.3. The van der Waals surface area contributed by atoms with Gasteiger partial charge < -0.3 is 13.9 Å². The first-order valence-corrected chi connectivity index (χ1v) is 16.1. The molecule has 0 radical (unpaired) electrons. The first kappa shape index (κ1) is 27.9. The molecule has 2 aliphatic rings. The molecule has 4 atom stereocenters. The smallest absolute Gasteiger partial charge is 0.200 e. The Kier molecular flexibility index (Phi) is 9.15. The van der Waals surface area contributed by atoms with Crippen LogP contribution in [0, 0.1) is 11.3 Å². The van der Waals surface area contributed by atoms with Gasteiger partial charge in [0.05, 0.1) is 24.4 Å². The van der Waals surface area contributed by atoms with E-state index in [-0.39, 0.29) is 17.1 Å². The quantitative estimate of drug-likeness (QED) is 0.218. The predicted octanol–water partition coefficient (Wildman–Crippen LogP) is 8.53. The molecule has 0 N–H and O–H groups in total. The summed E-state index contributed by atoms with van der Waals surface area (Å²) in [5.74, 6) is 0.443. The van der Waals surface area contributed by atoms with E-state index in [1.807, 2.05) is 0 Å². The zero-order valence-electron chi connectivity index (χ0n) is 23.5. The van der Waals surface area contributed by atoms with E-state index in [0.717, 1.165) is 25.9 Å². The van der Waals surface area contributed by atoms with Crippen LogP contribution in [0.15, 0.2) is 30.3 Å². The SMILES string of the molecule is CC(C)[Si](O[C@@H]1[C@@H](CCCCOCc2ccccc2)[C@]2(C)CC[C@@H](O2)C1(C)C)(C(C)C)C(C)C. The predicted molar refractivity (Wildman–Crippen MR) is 146 cm³/mol. The van der Waals surface area contributed by atoms with Gasteiger partial charge in [-0.05, 0) is 54.8 Å². The molecule has 3 nitrogen and oxygen atoms in total. The lowest BCUT2D eigenvalue weighted by atomic mass is 9.69. The third kappa shape index (κ3) is 5.50. The lowest BCUT2D eigenvalue weighted by Crippen LogP contribution is -2.62. The maximum atomic E-state index is 7.60. The Morgan fingerprint density at radius 2 is 1.56 bits per heavy atom. The van der Waals surface area contributed by atoms with Crippen molar-refractivity contribution < 1.29 is 13.9 Å². The normalized spacial score (nSPS) is 28.9. The van der Waals surface area contributed by atoms with E-state index in [0.29, 0.717) is 35.3 Å². The molecule has 0 unspecified atom stereocenters. The fraction of sp³-hybridized carbons (Fsp3) is 0.800. The number of unbranched alkanes of at least 4 members (excludes halogenated alkanes) is 1. The monoisotopic (exact) mass is 488 g/mol. The molecule has 0 saturated carbocycles. The largest absolute Gasteiger partial charge is 0.412 e. The minimum Gasteiger partial charge on any atom is -0.412 e. The highest BCUT2D eigenvalue weighted by Gasteiger charge is 2.62. The second-order valence-corrected chi connectivity index (χ2v) is 18.2. The van der Waals surface area contributed by atoms with Gasteiger partial charge in [0.1, 0.15) is 0 Å². The van der Waals surface area contributed by atoms with Crippen molar-refractivity contribution in [3.05, 3.63) is 35.9 Å². The van der Waals surface area contributed by atoms with Crippen LogP contribution in [0.4, 0.5) is 0 Å². The van der Waals surface area contributed by atoms with Crippen molar-refractivity contribution in [2.75, 3.05) is 6.61 Å². The second kappa shape index (κ2) is 11.1. The van der Waals surface area contributed by atoms with Gasteiger partial charge in [-0.15, -0.1) is 0 Å². The van der Waals surface area contributed by atoms with Gasteiger partial charge in [-0.25, -0.2) is 0 Å². The highest BCUT2D eigenvalue weighted by atomic mass is 28.4. The molecular formula is C30H52O3Si. The molecule has 2 saturated heterocycles. The molecule has 2 bridgehead atoms. The van der Waals surface area contributed by atoms with Crippen LogP contribution in [0.3, 0.4) is 0 Å². The van der Waals surface area contributed by atoms with Crippen molar-refractivity contribution in [3.63, 3.8) is 0 Å². The Labute approximate surface area is 211 Å². The van der Waals surface area contributed by atoms with Crippen molar-refractivity contribution in [2.24, 2.45) is 11.3 Å². The molecule has 0 amide bonds. The minimum absolute atomic E-state index is 0.0431. The van der Waals surface area contributed by atoms with Gasteiger partial charge in [-0.2, -0.15) is 0 Å². The molecule has 0 spiro atoms. The summed E-state index contributed by atoms with van der Waals surface area (Å²) in [5, 5.41) is 0. The average molecular weight is 489 g/mol. The molecule has 2 aliphatic heterocycles. The van der Waals surface area contributed by atoms with Crippen LogP contribution in [0.1, 0.15) is 100.0 Å². The van der Waals surface area contributed by atoms with Crippen molar-refractivity contribution >= 4 is 8.32 Å².